The standard InChI is InChI=1S/C20H27N3O5/c1-2-26-20(25)18-19(22-23-21-18)28-17-10-6-15(7-11-17)14-4-8-16(9-5-14)27-13-3-12-24/h4-5,8-9,15,17,24H,2-3,6-7,10-13H2,1H3,(H,21,22,23)/t15-,17-. The van der Waals surface area contributed by atoms with E-state index in [0.29, 0.717) is 18.9 Å². The van der Waals surface area contributed by atoms with Crippen molar-refractivity contribution in [3.05, 3.63) is 35.5 Å². The summed E-state index contributed by atoms with van der Waals surface area (Å²) in [6.45, 7) is 2.69. The van der Waals surface area contributed by atoms with Crippen LogP contribution in [0.25, 0.3) is 0 Å². The summed E-state index contributed by atoms with van der Waals surface area (Å²) in [5, 5.41) is 18.9. The molecule has 0 amide bonds. The summed E-state index contributed by atoms with van der Waals surface area (Å²) in [6, 6.07) is 8.18. The molecule has 0 radical (unpaired) electrons. The molecule has 0 bridgehead atoms. The Balaban J connectivity index is 1.50. The number of carbonyl (C=O) groups is 1. The van der Waals surface area contributed by atoms with Crippen LogP contribution in [0.15, 0.2) is 24.3 Å². The molecule has 152 valence electrons. The molecule has 2 aromatic rings. The van der Waals surface area contributed by atoms with Gasteiger partial charge in [-0.15, -0.1) is 0 Å². The van der Waals surface area contributed by atoms with Gasteiger partial charge in [-0.2, -0.15) is 0 Å². The Kier molecular flexibility index (Phi) is 7.25. The van der Waals surface area contributed by atoms with Gasteiger partial charge in [-0.25, -0.2) is 9.89 Å². The molecule has 28 heavy (non-hydrogen) atoms. The van der Waals surface area contributed by atoms with Gasteiger partial charge < -0.3 is 19.3 Å². The highest BCUT2D eigenvalue weighted by Gasteiger charge is 2.27. The first-order valence-electron chi connectivity index (χ1n) is 9.79. The van der Waals surface area contributed by atoms with E-state index < -0.39 is 5.97 Å². The minimum atomic E-state index is -0.502. The molecular weight excluding hydrogens is 362 g/mol. The Bertz CT molecular complexity index is 739. The Hall–Kier alpha value is -2.61. The monoisotopic (exact) mass is 389 g/mol. The van der Waals surface area contributed by atoms with Crippen LogP contribution in [0.2, 0.25) is 0 Å². The topological polar surface area (TPSA) is 107 Å². The van der Waals surface area contributed by atoms with Crippen molar-refractivity contribution in [3.8, 4) is 11.6 Å². The maximum atomic E-state index is 11.9. The number of ether oxygens (including phenoxy) is 3. The van der Waals surface area contributed by atoms with Gasteiger partial charge in [0.15, 0.2) is 0 Å². The van der Waals surface area contributed by atoms with Gasteiger partial charge in [0.2, 0.25) is 5.69 Å². The summed E-state index contributed by atoms with van der Waals surface area (Å²) >= 11 is 0. The molecule has 0 spiro atoms. The lowest BCUT2D eigenvalue weighted by molar-refractivity contribution is 0.0508. The number of aliphatic hydroxyl groups excluding tert-OH is 1. The van der Waals surface area contributed by atoms with Crippen LogP contribution in [0, 0.1) is 0 Å². The number of rotatable bonds is 9. The maximum absolute atomic E-state index is 11.9. The second-order valence-corrected chi connectivity index (χ2v) is 6.80. The average molecular weight is 389 g/mol. The van der Waals surface area contributed by atoms with Crippen LogP contribution in [0.1, 0.15) is 61.0 Å². The molecule has 0 unspecified atom stereocenters. The molecule has 1 heterocycles. The van der Waals surface area contributed by atoms with Gasteiger partial charge in [-0.3, -0.25) is 0 Å². The van der Waals surface area contributed by atoms with E-state index in [1.54, 1.807) is 6.92 Å². The average Bonchev–Trinajstić information content (AvgIpc) is 3.18. The zero-order chi connectivity index (χ0) is 19.8. The van der Waals surface area contributed by atoms with Gasteiger partial charge in [0, 0.05) is 13.0 Å². The summed E-state index contributed by atoms with van der Waals surface area (Å²) in [7, 11) is 0. The zero-order valence-electron chi connectivity index (χ0n) is 16.1. The van der Waals surface area contributed by atoms with Crippen molar-refractivity contribution in [1.82, 2.24) is 15.4 Å². The van der Waals surface area contributed by atoms with Gasteiger partial charge in [0.1, 0.15) is 11.9 Å². The van der Waals surface area contributed by atoms with Crippen molar-refractivity contribution >= 4 is 5.97 Å². The van der Waals surface area contributed by atoms with E-state index in [-0.39, 0.29) is 30.9 Å². The summed E-state index contributed by atoms with van der Waals surface area (Å²) in [4.78, 5) is 11.9. The van der Waals surface area contributed by atoms with Gasteiger partial charge in [0.05, 0.1) is 13.2 Å². The number of H-pyrrole nitrogens is 1. The molecule has 3 rings (SSSR count). The number of aliphatic hydroxyl groups is 1. The van der Waals surface area contributed by atoms with Crippen molar-refractivity contribution in [2.24, 2.45) is 0 Å². The molecule has 1 aliphatic carbocycles. The lowest BCUT2D eigenvalue weighted by Gasteiger charge is -2.28. The van der Waals surface area contributed by atoms with Gasteiger partial charge in [-0.1, -0.05) is 22.4 Å². The molecule has 1 fully saturated rings. The van der Waals surface area contributed by atoms with Crippen molar-refractivity contribution in [3.63, 3.8) is 0 Å². The highest BCUT2D eigenvalue weighted by molar-refractivity contribution is 5.89. The van der Waals surface area contributed by atoms with Crippen LogP contribution in [0.5, 0.6) is 11.6 Å². The van der Waals surface area contributed by atoms with Crippen LogP contribution in [-0.4, -0.2) is 52.4 Å². The molecule has 1 saturated carbocycles. The molecule has 1 aromatic carbocycles. The summed E-state index contributed by atoms with van der Waals surface area (Å²) in [6.07, 6.45) is 4.41. The van der Waals surface area contributed by atoms with E-state index in [0.717, 1.165) is 31.4 Å². The molecule has 0 aliphatic heterocycles. The van der Waals surface area contributed by atoms with Crippen molar-refractivity contribution in [2.45, 2.75) is 51.0 Å². The largest absolute Gasteiger partial charge is 0.494 e. The first-order valence-corrected chi connectivity index (χ1v) is 9.79. The van der Waals surface area contributed by atoms with E-state index in [9.17, 15) is 4.79 Å². The Morgan fingerprint density at radius 2 is 1.96 bits per heavy atom. The van der Waals surface area contributed by atoms with Crippen molar-refractivity contribution in [1.29, 1.82) is 0 Å². The van der Waals surface area contributed by atoms with Crippen LogP contribution >= 0.6 is 0 Å². The fourth-order valence-electron chi connectivity index (χ4n) is 3.40. The van der Waals surface area contributed by atoms with Gasteiger partial charge in [0.25, 0.3) is 5.88 Å². The van der Waals surface area contributed by atoms with E-state index >= 15 is 0 Å². The number of nitrogens with zero attached hydrogens (tertiary/aromatic N) is 2. The zero-order valence-corrected chi connectivity index (χ0v) is 16.1. The molecule has 8 nitrogen and oxygen atoms in total. The molecule has 1 aromatic heterocycles. The second kappa shape index (κ2) is 10.1. The third-order valence-electron chi connectivity index (χ3n) is 4.87. The highest BCUT2D eigenvalue weighted by atomic mass is 16.5. The van der Waals surface area contributed by atoms with E-state index in [2.05, 4.69) is 27.5 Å². The van der Waals surface area contributed by atoms with Gasteiger partial charge in [-0.05, 0) is 56.2 Å². The molecule has 1 aliphatic rings. The number of carbonyl (C=O) groups excluding carboxylic acids is 1. The molecule has 0 saturated heterocycles. The molecule has 0 atom stereocenters. The minimum absolute atomic E-state index is 0.00983. The Morgan fingerprint density at radius 1 is 1.21 bits per heavy atom. The number of aromatic nitrogens is 3. The second-order valence-electron chi connectivity index (χ2n) is 6.80. The number of benzene rings is 1. The van der Waals surface area contributed by atoms with E-state index in [1.165, 1.54) is 5.56 Å². The molecule has 8 heteroatoms. The SMILES string of the molecule is CCOC(=O)c1[nH]nnc1O[C@H]1CC[C@H](c2ccc(OCCCO)cc2)CC1. The Labute approximate surface area is 164 Å². The summed E-state index contributed by atoms with van der Waals surface area (Å²) < 4.78 is 16.5. The fraction of sp³-hybridized carbons (Fsp3) is 0.550. The van der Waals surface area contributed by atoms with E-state index in [1.807, 2.05) is 12.1 Å². The number of nitrogens with one attached hydrogen (secondary N) is 1. The lowest BCUT2D eigenvalue weighted by Crippen LogP contribution is -2.24. The fourth-order valence-corrected chi connectivity index (χ4v) is 3.40. The van der Waals surface area contributed by atoms with Crippen molar-refractivity contribution < 1.29 is 24.1 Å². The summed E-state index contributed by atoms with van der Waals surface area (Å²) in [5.74, 6) is 1.02. The number of hydrogen-bond donors (Lipinski definition) is 2. The van der Waals surface area contributed by atoms with Crippen molar-refractivity contribution in [2.75, 3.05) is 19.8 Å². The van der Waals surface area contributed by atoms with Crippen LogP contribution < -0.4 is 9.47 Å². The first-order chi connectivity index (χ1) is 13.7. The number of hydrogen-bond acceptors (Lipinski definition) is 7. The lowest BCUT2D eigenvalue weighted by atomic mass is 9.83. The van der Waals surface area contributed by atoms with Crippen LogP contribution in [-0.2, 0) is 4.74 Å². The predicted octanol–water partition coefficient (Wildman–Crippen LogP) is 2.85. The first kappa shape index (κ1) is 20.1. The predicted molar refractivity (Wildman–Crippen MR) is 102 cm³/mol. The molecule has 2 N–H and O–H groups in total. The van der Waals surface area contributed by atoms with Gasteiger partial charge >= 0.3 is 5.97 Å². The smallest absolute Gasteiger partial charge is 0.362 e. The third-order valence-corrected chi connectivity index (χ3v) is 4.87. The number of esters is 1. The Morgan fingerprint density at radius 3 is 2.64 bits per heavy atom. The number of aromatic amines is 1. The van der Waals surface area contributed by atoms with E-state index in [4.69, 9.17) is 19.3 Å². The maximum Gasteiger partial charge on any atom is 0.362 e. The van der Waals surface area contributed by atoms with Crippen LogP contribution in [0.4, 0.5) is 0 Å². The summed E-state index contributed by atoms with van der Waals surface area (Å²) in [5.41, 5.74) is 1.46. The molecular formula is C20H27N3O5. The normalized spacial score (nSPS) is 19.2. The minimum Gasteiger partial charge on any atom is -0.494 e. The quantitative estimate of drug-likeness (QED) is 0.502. The third kappa shape index (κ3) is 5.22. The van der Waals surface area contributed by atoms with Crippen LogP contribution in [0.3, 0.4) is 0 Å². The highest BCUT2D eigenvalue weighted by Crippen LogP contribution is 2.35.